The van der Waals surface area contributed by atoms with E-state index in [1.165, 1.54) is 19.3 Å². The van der Waals surface area contributed by atoms with E-state index in [0.717, 1.165) is 30.5 Å². The molecule has 2 fully saturated rings. The number of aliphatic hydroxyl groups excluding tert-OH is 1. The van der Waals surface area contributed by atoms with E-state index in [1.54, 1.807) is 11.8 Å². The van der Waals surface area contributed by atoms with Crippen molar-refractivity contribution in [1.29, 1.82) is 0 Å². The van der Waals surface area contributed by atoms with Crippen molar-refractivity contribution in [3.05, 3.63) is 11.8 Å². The highest BCUT2D eigenvalue weighted by Gasteiger charge is 2.24. The predicted molar refractivity (Wildman–Crippen MR) is 93.3 cm³/mol. The van der Waals surface area contributed by atoms with E-state index in [-0.39, 0.29) is 5.91 Å². The number of nitrogens with zero attached hydrogens (tertiary/aromatic N) is 5. The number of anilines is 2. The minimum atomic E-state index is -0.565. The average molecular weight is 333 g/mol. The zero-order valence-electron chi connectivity index (χ0n) is 14.6. The number of hydrogen-bond acceptors (Lipinski definition) is 6. The third kappa shape index (κ3) is 3.95. The normalized spacial score (nSPS) is 22.5. The molecule has 1 N–H and O–H groups in total. The molecule has 3 heterocycles. The summed E-state index contributed by atoms with van der Waals surface area (Å²) in [4.78, 5) is 27.0. The first-order valence-corrected chi connectivity index (χ1v) is 8.82. The van der Waals surface area contributed by atoms with Crippen LogP contribution < -0.4 is 9.80 Å². The van der Waals surface area contributed by atoms with Gasteiger partial charge in [0.25, 0.3) is 0 Å². The number of carbonyl (C=O) groups is 1. The number of carbonyl (C=O) groups excluding carboxylic acids is 1. The van der Waals surface area contributed by atoms with Crippen molar-refractivity contribution in [3.63, 3.8) is 0 Å². The number of hydrogen-bond donors (Lipinski definition) is 1. The van der Waals surface area contributed by atoms with Crippen molar-refractivity contribution in [3.8, 4) is 0 Å². The summed E-state index contributed by atoms with van der Waals surface area (Å²) < 4.78 is 0. The number of aliphatic hydroxyl groups is 1. The summed E-state index contributed by atoms with van der Waals surface area (Å²) in [6.07, 6.45) is 3.07. The molecule has 1 aromatic rings. The summed E-state index contributed by atoms with van der Waals surface area (Å²) >= 11 is 0. The quantitative estimate of drug-likeness (QED) is 0.863. The van der Waals surface area contributed by atoms with E-state index in [0.29, 0.717) is 26.2 Å². The van der Waals surface area contributed by atoms with Gasteiger partial charge >= 0.3 is 0 Å². The number of piperidine rings is 1. The molecule has 1 atom stereocenters. The molecule has 0 spiro atoms. The van der Waals surface area contributed by atoms with Crippen LogP contribution in [0.1, 0.15) is 31.9 Å². The molecule has 0 radical (unpaired) electrons. The van der Waals surface area contributed by atoms with E-state index in [2.05, 4.69) is 14.8 Å². The number of β-amino-alcohol motifs (C(OH)–C–C–N with tert-alkyl or cyclic N) is 1. The Hall–Kier alpha value is -1.89. The smallest absolute Gasteiger partial charge is 0.227 e. The minimum absolute atomic E-state index is 0.00349. The lowest BCUT2D eigenvalue weighted by molar-refractivity contribution is -0.129. The Morgan fingerprint density at radius 2 is 1.83 bits per heavy atom. The second kappa shape index (κ2) is 7.34. The lowest BCUT2D eigenvalue weighted by Crippen LogP contribution is -2.36. The average Bonchev–Trinajstić information content (AvgIpc) is 2.77. The molecule has 3 rings (SSSR count). The summed E-state index contributed by atoms with van der Waals surface area (Å²) in [6.45, 7) is 7.68. The van der Waals surface area contributed by atoms with Crippen LogP contribution in [0.15, 0.2) is 6.07 Å². The third-order valence-corrected chi connectivity index (χ3v) is 4.74. The highest BCUT2D eigenvalue weighted by Crippen LogP contribution is 2.21. The molecule has 1 amide bonds. The van der Waals surface area contributed by atoms with Crippen LogP contribution in [0.4, 0.5) is 11.8 Å². The second-order valence-electron chi connectivity index (χ2n) is 6.78. The van der Waals surface area contributed by atoms with Crippen LogP contribution in [0.2, 0.25) is 0 Å². The number of amides is 1. The lowest BCUT2D eigenvalue weighted by atomic mass is 10.1. The molecule has 2 saturated heterocycles. The predicted octanol–water partition coefficient (Wildman–Crippen LogP) is 0.805. The molecular formula is C17H27N5O2. The minimum Gasteiger partial charge on any atom is -0.389 e. The first-order valence-electron chi connectivity index (χ1n) is 8.82. The Labute approximate surface area is 143 Å². The summed E-state index contributed by atoms with van der Waals surface area (Å²) in [7, 11) is 0. The molecule has 0 bridgehead atoms. The van der Waals surface area contributed by atoms with E-state index in [9.17, 15) is 9.90 Å². The molecular weight excluding hydrogens is 306 g/mol. The molecule has 7 heteroatoms. The van der Waals surface area contributed by atoms with Crippen LogP contribution in [-0.2, 0) is 4.79 Å². The summed E-state index contributed by atoms with van der Waals surface area (Å²) in [5.41, 5.74) is 0.933. The number of aromatic nitrogens is 2. The van der Waals surface area contributed by atoms with Crippen molar-refractivity contribution in [1.82, 2.24) is 14.9 Å². The van der Waals surface area contributed by atoms with Gasteiger partial charge in [0.2, 0.25) is 11.9 Å². The van der Waals surface area contributed by atoms with Gasteiger partial charge in [0.15, 0.2) is 0 Å². The third-order valence-electron chi connectivity index (χ3n) is 4.74. The monoisotopic (exact) mass is 333 g/mol. The van der Waals surface area contributed by atoms with Gasteiger partial charge < -0.3 is 19.8 Å². The van der Waals surface area contributed by atoms with Gasteiger partial charge in [-0.3, -0.25) is 4.79 Å². The molecule has 7 nitrogen and oxygen atoms in total. The molecule has 0 saturated carbocycles. The largest absolute Gasteiger partial charge is 0.389 e. The van der Waals surface area contributed by atoms with Crippen LogP contribution >= 0.6 is 0 Å². The molecule has 0 unspecified atom stereocenters. The van der Waals surface area contributed by atoms with Gasteiger partial charge in [-0.1, -0.05) is 0 Å². The van der Waals surface area contributed by atoms with Crippen molar-refractivity contribution in [2.75, 3.05) is 49.1 Å². The van der Waals surface area contributed by atoms with Crippen LogP contribution in [0.5, 0.6) is 0 Å². The van der Waals surface area contributed by atoms with Crippen LogP contribution in [0, 0.1) is 6.92 Å². The van der Waals surface area contributed by atoms with E-state index in [1.807, 2.05) is 13.0 Å². The maximum absolute atomic E-state index is 11.6. The van der Waals surface area contributed by atoms with Crippen molar-refractivity contribution in [2.24, 2.45) is 0 Å². The van der Waals surface area contributed by atoms with Gasteiger partial charge in [-0.15, -0.1) is 0 Å². The molecule has 0 aromatic carbocycles. The zero-order valence-corrected chi connectivity index (χ0v) is 14.6. The first kappa shape index (κ1) is 17.0. The fourth-order valence-electron chi connectivity index (χ4n) is 3.42. The number of rotatable bonds is 2. The van der Waals surface area contributed by atoms with Gasteiger partial charge in [-0.2, -0.15) is 4.98 Å². The molecule has 1 aromatic heterocycles. The topological polar surface area (TPSA) is 72.8 Å². The van der Waals surface area contributed by atoms with E-state index in [4.69, 9.17) is 4.98 Å². The molecule has 2 aliphatic heterocycles. The highest BCUT2D eigenvalue weighted by atomic mass is 16.3. The SMILES string of the molecule is CC(=O)N1CCN(c2cc(C)nc(N3CCCCC3)n2)C[C@@H](O)C1. The summed E-state index contributed by atoms with van der Waals surface area (Å²) in [6, 6.07) is 1.96. The fraction of sp³-hybridized carbons (Fsp3) is 0.706. The Bertz CT molecular complexity index is 588. The summed E-state index contributed by atoms with van der Waals surface area (Å²) in [5.74, 6) is 1.63. The first-order chi connectivity index (χ1) is 11.5. The van der Waals surface area contributed by atoms with Crippen molar-refractivity contribution >= 4 is 17.7 Å². The fourth-order valence-corrected chi connectivity index (χ4v) is 3.42. The Morgan fingerprint density at radius 3 is 2.54 bits per heavy atom. The van der Waals surface area contributed by atoms with Gasteiger partial charge in [0.05, 0.1) is 6.10 Å². The Kier molecular flexibility index (Phi) is 5.18. The van der Waals surface area contributed by atoms with Gasteiger partial charge in [-0.05, 0) is 26.2 Å². The second-order valence-corrected chi connectivity index (χ2v) is 6.78. The molecule has 2 aliphatic rings. The van der Waals surface area contributed by atoms with Gasteiger partial charge in [-0.25, -0.2) is 4.98 Å². The maximum atomic E-state index is 11.6. The molecule has 132 valence electrons. The van der Waals surface area contributed by atoms with Crippen LogP contribution in [-0.4, -0.2) is 71.3 Å². The van der Waals surface area contributed by atoms with Crippen LogP contribution in [0.25, 0.3) is 0 Å². The number of aryl methyl sites for hydroxylation is 1. The Balaban J connectivity index is 1.80. The standard InChI is InChI=1S/C17H27N5O2/c1-13-10-16(19-17(18-13)20-6-4-3-5-7-20)22-9-8-21(14(2)23)11-15(24)12-22/h10,15,24H,3-9,11-12H2,1-2H3/t15-/m0/s1. The zero-order chi connectivity index (χ0) is 17.1. The molecule has 24 heavy (non-hydrogen) atoms. The van der Waals surface area contributed by atoms with Crippen molar-refractivity contribution < 1.29 is 9.90 Å². The van der Waals surface area contributed by atoms with Gasteiger partial charge in [0, 0.05) is 58.0 Å². The van der Waals surface area contributed by atoms with E-state index >= 15 is 0 Å². The Morgan fingerprint density at radius 1 is 1.08 bits per heavy atom. The highest BCUT2D eigenvalue weighted by molar-refractivity contribution is 5.73. The maximum Gasteiger partial charge on any atom is 0.227 e. The van der Waals surface area contributed by atoms with Crippen LogP contribution in [0.3, 0.4) is 0 Å². The molecule has 0 aliphatic carbocycles. The van der Waals surface area contributed by atoms with Gasteiger partial charge in [0.1, 0.15) is 5.82 Å². The van der Waals surface area contributed by atoms with Crippen molar-refractivity contribution in [2.45, 2.75) is 39.2 Å². The lowest BCUT2D eigenvalue weighted by Gasteiger charge is -2.29. The van der Waals surface area contributed by atoms with E-state index < -0.39 is 6.10 Å². The summed E-state index contributed by atoms with van der Waals surface area (Å²) in [5, 5.41) is 10.2.